The van der Waals surface area contributed by atoms with Crippen molar-refractivity contribution in [3.05, 3.63) is 52.5 Å². The highest BCUT2D eigenvalue weighted by Crippen LogP contribution is 2.31. The fourth-order valence-electron chi connectivity index (χ4n) is 1.49. The van der Waals surface area contributed by atoms with Gasteiger partial charge >= 0.3 is 0 Å². The number of phenols is 1. The Balaban J connectivity index is 2.55. The van der Waals surface area contributed by atoms with Crippen molar-refractivity contribution in [3.63, 3.8) is 0 Å². The van der Waals surface area contributed by atoms with Gasteiger partial charge in [0.15, 0.2) is 0 Å². The van der Waals surface area contributed by atoms with E-state index < -0.39 is 0 Å². The number of halogens is 1. The Hall–Kier alpha value is -1.79. The van der Waals surface area contributed by atoms with Gasteiger partial charge < -0.3 is 5.11 Å². The SMILES string of the molecule is N#Cc1cccc(-c2ccc(O)cc2Br)c1. The van der Waals surface area contributed by atoms with Crippen LogP contribution in [0, 0.1) is 11.3 Å². The zero-order valence-electron chi connectivity index (χ0n) is 8.31. The second-order valence-electron chi connectivity index (χ2n) is 3.36. The summed E-state index contributed by atoms with van der Waals surface area (Å²) in [6.07, 6.45) is 0. The van der Waals surface area contributed by atoms with Crippen LogP contribution in [0.15, 0.2) is 46.9 Å². The summed E-state index contributed by atoms with van der Waals surface area (Å²) in [5.41, 5.74) is 2.53. The Bertz CT molecular complexity index is 572. The molecule has 3 heteroatoms. The average molecular weight is 274 g/mol. The number of phenolic OH excluding ortho intramolecular Hbond substituents is 1. The number of rotatable bonds is 1. The molecule has 2 rings (SSSR count). The lowest BCUT2D eigenvalue weighted by molar-refractivity contribution is 0.475. The monoisotopic (exact) mass is 273 g/mol. The van der Waals surface area contributed by atoms with E-state index in [2.05, 4.69) is 22.0 Å². The van der Waals surface area contributed by atoms with Crippen molar-refractivity contribution in [1.82, 2.24) is 0 Å². The topological polar surface area (TPSA) is 44.0 Å². The van der Waals surface area contributed by atoms with Crippen molar-refractivity contribution in [3.8, 4) is 22.9 Å². The minimum Gasteiger partial charge on any atom is -0.508 e. The van der Waals surface area contributed by atoms with Crippen LogP contribution in [0.1, 0.15) is 5.56 Å². The molecule has 0 bridgehead atoms. The van der Waals surface area contributed by atoms with Crippen LogP contribution in [0.2, 0.25) is 0 Å². The number of nitrogens with zero attached hydrogens (tertiary/aromatic N) is 1. The van der Waals surface area contributed by atoms with Gasteiger partial charge in [-0.2, -0.15) is 5.26 Å². The van der Waals surface area contributed by atoms with Gasteiger partial charge in [-0.3, -0.25) is 0 Å². The van der Waals surface area contributed by atoms with Crippen molar-refractivity contribution in [1.29, 1.82) is 5.26 Å². The van der Waals surface area contributed by atoms with Gasteiger partial charge in [0, 0.05) is 4.47 Å². The van der Waals surface area contributed by atoms with E-state index in [1.54, 1.807) is 18.2 Å². The highest BCUT2D eigenvalue weighted by molar-refractivity contribution is 9.10. The molecule has 0 aliphatic rings. The molecule has 0 radical (unpaired) electrons. The first-order valence-electron chi connectivity index (χ1n) is 4.70. The van der Waals surface area contributed by atoms with Gasteiger partial charge in [-0.25, -0.2) is 0 Å². The molecule has 1 N–H and O–H groups in total. The maximum Gasteiger partial charge on any atom is 0.116 e. The Labute approximate surface area is 102 Å². The quantitative estimate of drug-likeness (QED) is 0.861. The normalized spacial score (nSPS) is 9.75. The molecule has 2 nitrogen and oxygen atoms in total. The molecule has 78 valence electrons. The van der Waals surface area contributed by atoms with E-state index >= 15 is 0 Å². The summed E-state index contributed by atoms with van der Waals surface area (Å²) in [6, 6.07) is 14.5. The van der Waals surface area contributed by atoms with E-state index in [1.807, 2.05) is 24.3 Å². The Morgan fingerprint density at radius 3 is 2.62 bits per heavy atom. The predicted molar refractivity (Wildman–Crippen MR) is 66.0 cm³/mol. The van der Waals surface area contributed by atoms with E-state index in [-0.39, 0.29) is 5.75 Å². The fraction of sp³-hybridized carbons (Fsp3) is 0. The van der Waals surface area contributed by atoms with Crippen LogP contribution in [0.5, 0.6) is 5.75 Å². The molecule has 0 unspecified atom stereocenters. The molecule has 0 saturated heterocycles. The van der Waals surface area contributed by atoms with E-state index in [0.29, 0.717) is 5.56 Å². The maximum atomic E-state index is 9.30. The lowest BCUT2D eigenvalue weighted by atomic mass is 10.0. The second kappa shape index (κ2) is 4.38. The van der Waals surface area contributed by atoms with E-state index in [1.165, 1.54) is 0 Å². The third-order valence-electron chi connectivity index (χ3n) is 2.26. The van der Waals surface area contributed by atoms with Gasteiger partial charge in [-0.15, -0.1) is 0 Å². The van der Waals surface area contributed by atoms with Crippen molar-refractivity contribution in [2.75, 3.05) is 0 Å². The highest BCUT2D eigenvalue weighted by atomic mass is 79.9. The molecule has 2 aromatic rings. The van der Waals surface area contributed by atoms with Crippen LogP contribution >= 0.6 is 15.9 Å². The molecular weight excluding hydrogens is 266 g/mol. The number of aromatic hydroxyl groups is 1. The fourth-order valence-corrected chi connectivity index (χ4v) is 2.09. The predicted octanol–water partition coefficient (Wildman–Crippen LogP) is 3.69. The lowest BCUT2D eigenvalue weighted by Gasteiger charge is -2.05. The third-order valence-corrected chi connectivity index (χ3v) is 2.91. The van der Waals surface area contributed by atoms with Gasteiger partial charge in [0.1, 0.15) is 5.75 Å². The number of hydrogen-bond acceptors (Lipinski definition) is 2. The average Bonchev–Trinajstić information content (AvgIpc) is 2.29. The first-order valence-corrected chi connectivity index (χ1v) is 5.49. The van der Waals surface area contributed by atoms with Crippen LogP contribution in [-0.2, 0) is 0 Å². The number of hydrogen-bond donors (Lipinski definition) is 1. The van der Waals surface area contributed by atoms with Crippen LogP contribution in [0.25, 0.3) is 11.1 Å². The van der Waals surface area contributed by atoms with Gasteiger partial charge in [-0.1, -0.05) is 28.1 Å². The summed E-state index contributed by atoms with van der Waals surface area (Å²) in [6.45, 7) is 0. The van der Waals surface area contributed by atoms with Crippen LogP contribution in [-0.4, -0.2) is 5.11 Å². The van der Waals surface area contributed by atoms with Crippen molar-refractivity contribution in [2.24, 2.45) is 0 Å². The standard InChI is InChI=1S/C13H8BrNO/c14-13-7-11(16)4-5-12(13)10-3-1-2-9(6-10)8-15/h1-7,16H. The summed E-state index contributed by atoms with van der Waals surface area (Å²) in [5.74, 6) is 0.215. The van der Waals surface area contributed by atoms with E-state index in [0.717, 1.165) is 15.6 Å². The molecule has 0 aromatic heterocycles. The van der Waals surface area contributed by atoms with Crippen LogP contribution < -0.4 is 0 Å². The molecule has 0 aliphatic heterocycles. The molecular formula is C13H8BrNO. The molecule has 0 saturated carbocycles. The summed E-state index contributed by atoms with van der Waals surface area (Å²) < 4.78 is 0.808. The lowest BCUT2D eigenvalue weighted by Crippen LogP contribution is -1.81. The molecule has 2 aromatic carbocycles. The van der Waals surface area contributed by atoms with Gasteiger partial charge in [0.2, 0.25) is 0 Å². The molecule has 0 atom stereocenters. The third kappa shape index (κ3) is 2.07. The Morgan fingerprint density at radius 1 is 1.12 bits per heavy atom. The zero-order chi connectivity index (χ0) is 11.5. The molecule has 0 amide bonds. The first kappa shape index (κ1) is 10.7. The van der Waals surface area contributed by atoms with Gasteiger partial charge in [0.05, 0.1) is 11.6 Å². The smallest absolute Gasteiger partial charge is 0.116 e. The first-order chi connectivity index (χ1) is 7.70. The summed E-state index contributed by atoms with van der Waals surface area (Å²) >= 11 is 3.39. The van der Waals surface area contributed by atoms with Crippen LogP contribution in [0.4, 0.5) is 0 Å². The zero-order valence-corrected chi connectivity index (χ0v) is 9.90. The van der Waals surface area contributed by atoms with Crippen molar-refractivity contribution < 1.29 is 5.11 Å². The summed E-state index contributed by atoms with van der Waals surface area (Å²) in [4.78, 5) is 0. The largest absolute Gasteiger partial charge is 0.508 e. The Kier molecular flexibility index (Phi) is 2.93. The highest BCUT2D eigenvalue weighted by Gasteiger charge is 2.04. The van der Waals surface area contributed by atoms with Crippen LogP contribution in [0.3, 0.4) is 0 Å². The molecule has 0 aliphatic carbocycles. The minimum atomic E-state index is 0.215. The van der Waals surface area contributed by atoms with Gasteiger partial charge in [-0.05, 0) is 41.5 Å². The van der Waals surface area contributed by atoms with E-state index in [4.69, 9.17) is 5.26 Å². The van der Waals surface area contributed by atoms with E-state index in [9.17, 15) is 5.11 Å². The minimum absolute atomic E-state index is 0.215. The van der Waals surface area contributed by atoms with Crippen molar-refractivity contribution >= 4 is 15.9 Å². The second-order valence-corrected chi connectivity index (χ2v) is 4.21. The van der Waals surface area contributed by atoms with Crippen molar-refractivity contribution in [2.45, 2.75) is 0 Å². The van der Waals surface area contributed by atoms with Gasteiger partial charge in [0.25, 0.3) is 0 Å². The molecule has 0 fully saturated rings. The number of nitriles is 1. The maximum absolute atomic E-state index is 9.30. The summed E-state index contributed by atoms with van der Waals surface area (Å²) in [7, 11) is 0. The molecule has 16 heavy (non-hydrogen) atoms. The summed E-state index contributed by atoms with van der Waals surface area (Å²) in [5, 5.41) is 18.1. The number of benzene rings is 2. The Morgan fingerprint density at radius 2 is 1.94 bits per heavy atom. The molecule has 0 spiro atoms. The molecule has 0 heterocycles.